The minimum absolute atomic E-state index is 0.166. The van der Waals surface area contributed by atoms with Gasteiger partial charge >= 0.3 is 0 Å². The van der Waals surface area contributed by atoms with Crippen LogP contribution in [0.5, 0.6) is 0 Å². The quantitative estimate of drug-likeness (QED) is 0.502. The molecule has 0 amide bonds. The molecule has 6 nitrogen and oxygen atoms in total. The number of hydrogen-bond acceptors (Lipinski definition) is 4. The molecular formula is C22H20ClN5O. The number of aromatic amines is 1. The summed E-state index contributed by atoms with van der Waals surface area (Å²) in [7, 11) is 0. The average Bonchev–Trinajstić information content (AvgIpc) is 3.46. The molecule has 0 radical (unpaired) electrons. The molecule has 4 aromatic rings. The van der Waals surface area contributed by atoms with E-state index in [1.54, 1.807) is 6.07 Å². The Balaban J connectivity index is 1.35. The average molecular weight is 406 g/mol. The molecule has 1 fully saturated rings. The third-order valence-corrected chi connectivity index (χ3v) is 5.50. The largest absolute Gasteiger partial charge is 0.384 e. The van der Waals surface area contributed by atoms with Crippen molar-refractivity contribution < 1.29 is 0 Å². The van der Waals surface area contributed by atoms with Crippen molar-refractivity contribution in [3.63, 3.8) is 0 Å². The second kappa shape index (κ2) is 7.37. The minimum Gasteiger partial charge on any atom is -0.384 e. The van der Waals surface area contributed by atoms with E-state index in [-0.39, 0.29) is 5.56 Å². The predicted molar refractivity (Wildman–Crippen MR) is 115 cm³/mol. The van der Waals surface area contributed by atoms with Crippen LogP contribution in [0.2, 0.25) is 5.02 Å². The number of benzene rings is 2. The van der Waals surface area contributed by atoms with Gasteiger partial charge in [0, 0.05) is 35.3 Å². The lowest BCUT2D eigenvalue weighted by Gasteiger charge is -2.13. The van der Waals surface area contributed by atoms with E-state index < -0.39 is 0 Å². The smallest absolute Gasteiger partial charge is 0.274 e. The number of nitrogens with zero attached hydrogens (tertiary/aromatic N) is 3. The number of rotatable bonds is 6. The van der Waals surface area contributed by atoms with Crippen LogP contribution in [0.15, 0.2) is 59.4 Å². The second-order valence-corrected chi connectivity index (χ2v) is 7.72. The van der Waals surface area contributed by atoms with E-state index in [0.29, 0.717) is 36.2 Å². The molecule has 1 aliphatic rings. The first-order valence-corrected chi connectivity index (χ1v) is 10.1. The zero-order valence-electron chi connectivity index (χ0n) is 15.7. The third-order valence-electron chi connectivity index (χ3n) is 5.17. The molecule has 2 heterocycles. The van der Waals surface area contributed by atoms with Crippen LogP contribution in [0.1, 0.15) is 30.0 Å². The standard InChI is InChI=1S/C22H20ClN5O/c23-17-7-4-8-18(20(17)14-9-10-14)24-12-11-16-13-19(29)28-22(25-16)26-21(27-28)15-5-2-1-3-6-15/h1-8,13-14,24H,9-12H2,(H,25,26,27). The molecule has 29 heavy (non-hydrogen) atoms. The molecule has 2 N–H and O–H groups in total. The van der Waals surface area contributed by atoms with E-state index in [0.717, 1.165) is 16.3 Å². The maximum absolute atomic E-state index is 12.5. The summed E-state index contributed by atoms with van der Waals surface area (Å²) in [4.78, 5) is 21.5. The number of aromatic nitrogens is 4. The van der Waals surface area contributed by atoms with Crippen molar-refractivity contribution in [1.82, 2.24) is 19.6 Å². The summed E-state index contributed by atoms with van der Waals surface area (Å²) in [5.74, 6) is 1.57. The van der Waals surface area contributed by atoms with Crippen LogP contribution in [0.3, 0.4) is 0 Å². The fourth-order valence-electron chi connectivity index (χ4n) is 3.58. The van der Waals surface area contributed by atoms with Gasteiger partial charge in [-0.25, -0.2) is 4.98 Å². The van der Waals surface area contributed by atoms with Crippen LogP contribution in [0, 0.1) is 0 Å². The number of halogens is 1. The van der Waals surface area contributed by atoms with Gasteiger partial charge in [0.2, 0.25) is 0 Å². The Bertz CT molecular complexity index is 1230. The molecular weight excluding hydrogens is 386 g/mol. The molecule has 0 spiro atoms. The van der Waals surface area contributed by atoms with Gasteiger partial charge in [-0.05, 0) is 36.5 Å². The van der Waals surface area contributed by atoms with E-state index in [1.807, 2.05) is 42.5 Å². The Morgan fingerprint density at radius 2 is 1.93 bits per heavy atom. The highest BCUT2D eigenvalue weighted by molar-refractivity contribution is 6.31. The molecule has 0 atom stereocenters. The van der Waals surface area contributed by atoms with Crippen LogP contribution in [-0.4, -0.2) is 26.1 Å². The van der Waals surface area contributed by atoms with Crippen molar-refractivity contribution in [2.75, 3.05) is 11.9 Å². The van der Waals surface area contributed by atoms with E-state index in [9.17, 15) is 4.79 Å². The molecule has 1 saturated carbocycles. The highest BCUT2D eigenvalue weighted by atomic mass is 35.5. The van der Waals surface area contributed by atoms with Crippen molar-refractivity contribution in [2.24, 2.45) is 0 Å². The zero-order valence-corrected chi connectivity index (χ0v) is 16.5. The SMILES string of the molecule is O=c1cc(CCNc2cccc(Cl)c2C2CC2)nc2nc(-c3ccccc3)[nH]n12. The Hall–Kier alpha value is -3.12. The molecule has 0 saturated heterocycles. The van der Waals surface area contributed by atoms with Crippen molar-refractivity contribution in [3.05, 3.63) is 81.2 Å². The highest BCUT2D eigenvalue weighted by Crippen LogP contribution is 2.46. The first-order chi connectivity index (χ1) is 14.2. The van der Waals surface area contributed by atoms with Crippen LogP contribution in [0.4, 0.5) is 5.69 Å². The Morgan fingerprint density at radius 1 is 1.10 bits per heavy atom. The number of nitrogens with one attached hydrogen (secondary N) is 2. The number of H-pyrrole nitrogens is 1. The molecule has 7 heteroatoms. The second-order valence-electron chi connectivity index (χ2n) is 7.31. The van der Waals surface area contributed by atoms with Gasteiger partial charge in [0.25, 0.3) is 11.3 Å². The first kappa shape index (κ1) is 17.9. The number of hydrogen-bond donors (Lipinski definition) is 2. The monoisotopic (exact) mass is 405 g/mol. The summed E-state index contributed by atoms with van der Waals surface area (Å²) < 4.78 is 1.38. The Morgan fingerprint density at radius 3 is 2.72 bits per heavy atom. The van der Waals surface area contributed by atoms with Gasteiger partial charge in [-0.1, -0.05) is 48.0 Å². The first-order valence-electron chi connectivity index (χ1n) is 9.75. The molecule has 146 valence electrons. The van der Waals surface area contributed by atoms with Crippen LogP contribution in [-0.2, 0) is 6.42 Å². The fourth-order valence-corrected chi connectivity index (χ4v) is 3.91. The van der Waals surface area contributed by atoms with Crippen LogP contribution in [0.25, 0.3) is 17.2 Å². The fraction of sp³-hybridized carbons (Fsp3) is 0.227. The highest BCUT2D eigenvalue weighted by Gasteiger charge is 2.28. The summed E-state index contributed by atoms with van der Waals surface area (Å²) in [6.45, 7) is 0.665. The lowest BCUT2D eigenvalue weighted by atomic mass is 10.1. The maximum atomic E-state index is 12.5. The third kappa shape index (κ3) is 3.63. The molecule has 0 aliphatic heterocycles. The van der Waals surface area contributed by atoms with E-state index in [1.165, 1.54) is 22.9 Å². The van der Waals surface area contributed by atoms with Gasteiger partial charge in [0.15, 0.2) is 5.82 Å². The lowest BCUT2D eigenvalue weighted by Crippen LogP contribution is -2.17. The van der Waals surface area contributed by atoms with Crippen molar-refractivity contribution >= 4 is 23.1 Å². The summed E-state index contributed by atoms with van der Waals surface area (Å²) in [5, 5.41) is 7.30. The van der Waals surface area contributed by atoms with E-state index in [2.05, 4.69) is 26.4 Å². The topological polar surface area (TPSA) is 75.1 Å². The molecule has 2 aromatic carbocycles. The van der Waals surface area contributed by atoms with Gasteiger partial charge in [-0.3, -0.25) is 9.89 Å². The van der Waals surface area contributed by atoms with Crippen molar-refractivity contribution in [1.29, 1.82) is 0 Å². The summed E-state index contributed by atoms with van der Waals surface area (Å²) in [6, 6.07) is 17.2. The van der Waals surface area contributed by atoms with Crippen LogP contribution < -0.4 is 10.9 Å². The van der Waals surface area contributed by atoms with Gasteiger partial charge in [-0.2, -0.15) is 9.50 Å². The summed E-state index contributed by atoms with van der Waals surface area (Å²) in [6.07, 6.45) is 3.00. The molecule has 5 rings (SSSR count). The Labute approximate surface area is 172 Å². The van der Waals surface area contributed by atoms with Crippen molar-refractivity contribution in [3.8, 4) is 11.4 Å². The lowest BCUT2D eigenvalue weighted by molar-refractivity contribution is 0.865. The Kier molecular flexibility index (Phi) is 4.56. The number of fused-ring (bicyclic) bond motifs is 1. The van der Waals surface area contributed by atoms with Crippen LogP contribution >= 0.6 is 11.6 Å². The zero-order chi connectivity index (χ0) is 19.8. The molecule has 1 aliphatic carbocycles. The summed E-state index contributed by atoms with van der Waals surface area (Å²) >= 11 is 6.39. The normalized spacial score (nSPS) is 13.7. The predicted octanol–water partition coefficient (Wildman–Crippen LogP) is 4.27. The van der Waals surface area contributed by atoms with Crippen molar-refractivity contribution in [2.45, 2.75) is 25.2 Å². The van der Waals surface area contributed by atoms with E-state index in [4.69, 9.17) is 11.6 Å². The summed E-state index contributed by atoms with van der Waals surface area (Å²) in [5.41, 5.74) is 3.74. The minimum atomic E-state index is -0.166. The molecule has 0 unspecified atom stereocenters. The van der Waals surface area contributed by atoms with Gasteiger partial charge in [-0.15, -0.1) is 0 Å². The van der Waals surface area contributed by atoms with E-state index >= 15 is 0 Å². The number of anilines is 1. The van der Waals surface area contributed by atoms with Gasteiger partial charge < -0.3 is 5.32 Å². The molecule has 2 aromatic heterocycles. The molecule has 0 bridgehead atoms. The van der Waals surface area contributed by atoms with Gasteiger partial charge in [0.05, 0.1) is 5.69 Å². The van der Waals surface area contributed by atoms with Gasteiger partial charge in [0.1, 0.15) is 0 Å². The maximum Gasteiger partial charge on any atom is 0.274 e.